The zero-order valence-electron chi connectivity index (χ0n) is 16.3. The van der Waals surface area contributed by atoms with E-state index in [1.807, 2.05) is 36.4 Å². The molecule has 27 heavy (non-hydrogen) atoms. The van der Waals surface area contributed by atoms with Gasteiger partial charge in [-0.1, -0.05) is 60.7 Å². The van der Waals surface area contributed by atoms with E-state index >= 15 is 0 Å². The fraction of sp³-hybridized carbons (Fsp3) is 0.455. The lowest BCUT2D eigenvalue weighted by Gasteiger charge is -2.24. The third-order valence-corrected chi connectivity index (χ3v) is 4.50. The van der Waals surface area contributed by atoms with Gasteiger partial charge in [0.15, 0.2) is 0 Å². The van der Waals surface area contributed by atoms with Gasteiger partial charge < -0.3 is 24.2 Å². The van der Waals surface area contributed by atoms with E-state index in [1.54, 1.807) is 14.2 Å². The predicted octanol–water partition coefficient (Wildman–Crippen LogP) is 1.33. The predicted molar refractivity (Wildman–Crippen MR) is 106 cm³/mol. The maximum Gasteiger partial charge on any atom is 0.126 e. The summed E-state index contributed by atoms with van der Waals surface area (Å²) in [7, 11) is 3.38. The molecule has 0 bridgehead atoms. The van der Waals surface area contributed by atoms with Crippen molar-refractivity contribution in [3.8, 4) is 0 Å². The summed E-state index contributed by atoms with van der Waals surface area (Å²) in [5.41, 5.74) is 2.16. The highest BCUT2D eigenvalue weighted by atomic mass is 16.5. The first-order valence-corrected chi connectivity index (χ1v) is 9.45. The average molecular weight is 375 g/mol. The van der Waals surface area contributed by atoms with E-state index in [0.29, 0.717) is 19.8 Å². The highest BCUT2D eigenvalue weighted by Crippen LogP contribution is 2.25. The van der Waals surface area contributed by atoms with Crippen molar-refractivity contribution in [1.29, 1.82) is 0 Å². The smallest absolute Gasteiger partial charge is 0.126 e. The second kappa shape index (κ2) is 12.6. The summed E-state index contributed by atoms with van der Waals surface area (Å²) >= 11 is 0. The summed E-state index contributed by atoms with van der Waals surface area (Å²) in [6, 6.07) is 20.2. The first kappa shape index (κ1) is 21.5. The molecule has 0 aliphatic heterocycles. The molecule has 0 saturated carbocycles. The maximum absolute atomic E-state index is 10.5. The Bertz CT molecular complexity index is 561. The summed E-state index contributed by atoms with van der Waals surface area (Å²) in [6.45, 7) is 3.85. The monoisotopic (exact) mass is 374 g/mol. The number of nitrogens with one attached hydrogen (secondary N) is 1. The number of ether oxygens (including phenoxy) is 3. The Morgan fingerprint density at radius 2 is 1.30 bits per heavy atom. The first-order valence-electron chi connectivity index (χ1n) is 9.45. The molecule has 0 amide bonds. The van der Waals surface area contributed by atoms with Crippen LogP contribution >= 0.6 is 0 Å². The molecule has 0 aromatic heterocycles. The molecule has 0 saturated heterocycles. The van der Waals surface area contributed by atoms with Crippen LogP contribution in [-0.4, -0.2) is 64.9 Å². The first-order chi connectivity index (χ1) is 13.2. The molecule has 148 valence electrons. The molecule has 5 heteroatoms. The van der Waals surface area contributed by atoms with Crippen LogP contribution in [-0.2, 0) is 14.2 Å². The fourth-order valence-corrected chi connectivity index (χ4v) is 3.06. The molecule has 2 aromatic rings. The van der Waals surface area contributed by atoms with E-state index in [4.69, 9.17) is 14.2 Å². The average Bonchev–Trinajstić information content (AvgIpc) is 2.71. The van der Waals surface area contributed by atoms with Crippen LogP contribution in [0.1, 0.15) is 17.2 Å². The van der Waals surface area contributed by atoms with Crippen molar-refractivity contribution in [2.75, 3.05) is 53.7 Å². The van der Waals surface area contributed by atoms with Gasteiger partial charge in [0.25, 0.3) is 0 Å². The van der Waals surface area contributed by atoms with Gasteiger partial charge in [0.05, 0.1) is 19.8 Å². The molecule has 0 heterocycles. The number of aliphatic hydroxyl groups is 1. The molecule has 0 unspecified atom stereocenters. The molecule has 0 radical (unpaired) electrons. The van der Waals surface area contributed by atoms with Gasteiger partial charge in [-0.3, -0.25) is 0 Å². The number of hydrogen-bond donors (Lipinski definition) is 2. The number of benzene rings is 2. The Labute approximate surface area is 162 Å². The summed E-state index contributed by atoms with van der Waals surface area (Å²) in [5, 5.41) is 10.5. The standard InChI is InChI=1S/C22H31NO4/c1-25-15-13-23(14-16-26-2)17-21(24)18-27-22(19-9-5-3-6-10-19)20-11-7-4-8-12-20/h3-12,21-22,24H,13-18H2,1-2H3/p+1/t21-/m0/s1. The van der Waals surface area contributed by atoms with E-state index in [9.17, 15) is 5.11 Å². The van der Waals surface area contributed by atoms with Gasteiger partial charge in [0.2, 0.25) is 0 Å². The number of quaternary nitrogens is 1. The van der Waals surface area contributed by atoms with Crippen LogP contribution in [0.5, 0.6) is 0 Å². The second-order valence-electron chi connectivity index (χ2n) is 6.63. The Kier molecular flexibility index (Phi) is 10.0. The molecule has 0 spiro atoms. The van der Waals surface area contributed by atoms with Gasteiger partial charge in [-0.25, -0.2) is 0 Å². The SMILES string of the molecule is COCC[NH+](CCOC)C[C@H](O)COC(c1ccccc1)c1ccccc1. The molecule has 0 aliphatic rings. The van der Waals surface area contributed by atoms with Crippen molar-refractivity contribution >= 4 is 0 Å². The summed E-state index contributed by atoms with van der Waals surface area (Å²) in [4.78, 5) is 1.24. The molecular weight excluding hydrogens is 342 g/mol. The van der Waals surface area contributed by atoms with Crippen LogP contribution in [0.25, 0.3) is 0 Å². The Morgan fingerprint density at radius 3 is 1.74 bits per heavy atom. The molecule has 0 aliphatic carbocycles. The van der Waals surface area contributed by atoms with E-state index < -0.39 is 6.10 Å². The highest BCUT2D eigenvalue weighted by molar-refractivity contribution is 5.29. The summed E-state index contributed by atoms with van der Waals surface area (Å²) < 4.78 is 16.5. The van der Waals surface area contributed by atoms with E-state index in [1.165, 1.54) is 4.90 Å². The van der Waals surface area contributed by atoms with Gasteiger partial charge in [-0.2, -0.15) is 0 Å². The molecule has 5 nitrogen and oxygen atoms in total. The third-order valence-electron chi connectivity index (χ3n) is 4.50. The molecule has 1 atom stereocenters. The van der Waals surface area contributed by atoms with Crippen molar-refractivity contribution in [2.24, 2.45) is 0 Å². The lowest BCUT2D eigenvalue weighted by atomic mass is 10.0. The minimum atomic E-state index is -0.552. The third kappa shape index (κ3) is 7.79. The highest BCUT2D eigenvalue weighted by Gasteiger charge is 2.19. The van der Waals surface area contributed by atoms with Crippen LogP contribution in [0.15, 0.2) is 60.7 Å². The Balaban J connectivity index is 1.97. The lowest BCUT2D eigenvalue weighted by molar-refractivity contribution is -0.904. The van der Waals surface area contributed by atoms with Crippen molar-refractivity contribution < 1.29 is 24.2 Å². The van der Waals surface area contributed by atoms with Crippen LogP contribution in [0.4, 0.5) is 0 Å². The second-order valence-corrected chi connectivity index (χ2v) is 6.63. The number of methoxy groups -OCH3 is 2. The van der Waals surface area contributed by atoms with Crippen LogP contribution in [0, 0.1) is 0 Å². The molecule has 2 rings (SSSR count). The van der Waals surface area contributed by atoms with E-state index in [-0.39, 0.29) is 12.7 Å². The Hall–Kier alpha value is -1.76. The Morgan fingerprint density at radius 1 is 0.815 bits per heavy atom. The number of rotatable bonds is 13. The molecule has 2 N–H and O–H groups in total. The van der Waals surface area contributed by atoms with Crippen molar-refractivity contribution in [1.82, 2.24) is 0 Å². The minimum absolute atomic E-state index is 0.191. The largest absolute Gasteiger partial charge is 0.385 e. The van der Waals surface area contributed by atoms with Crippen LogP contribution in [0.3, 0.4) is 0 Å². The fourth-order valence-electron chi connectivity index (χ4n) is 3.06. The normalized spacial score (nSPS) is 12.6. The van der Waals surface area contributed by atoms with Gasteiger partial charge in [-0.15, -0.1) is 0 Å². The van der Waals surface area contributed by atoms with Crippen LogP contribution < -0.4 is 4.90 Å². The number of aliphatic hydroxyl groups excluding tert-OH is 1. The topological polar surface area (TPSA) is 52.4 Å². The number of hydrogen-bond acceptors (Lipinski definition) is 4. The van der Waals surface area contributed by atoms with Crippen molar-refractivity contribution in [2.45, 2.75) is 12.2 Å². The lowest BCUT2D eigenvalue weighted by Crippen LogP contribution is -3.14. The van der Waals surface area contributed by atoms with Gasteiger partial charge in [-0.05, 0) is 11.1 Å². The van der Waals surface area contributed by atoms with E-state index in [2.05, 4.69) is 24.3 Å². The van der Waals surface area contributed by atoms with Gasteiger partial charge in [0.1, 0.15) is 31.8 Å². The zero-order valence-corrected chi connectivity index (χ0v) is 16.3. The molecule has 2 aromatic carbocycles. The summed E-state index contributed by atoms with van der Waals surface area (Å²) in [6.07, 6.45) is -0.743. The van der Waals surface area contributed by atoms with E-state index in [0.717, 1.165) is 24.2 Å². The van der Waals surface area contributed by atoms with Crippen molar-refractivity contribution in [3.63, 3.8) is 0 Å². The summed E-state index contributed by atoms with van der Waals surface area (Å²) in [5.74, 6) is 0. The maximum atomic E-state index is 10.5. The van der Waals surface area contributed by atoms with Gasteiger partial charge in [0, 0.05) is 14.2 Å². The van der Waals surface area contributed by atoms with Crippen molar-refractivity contribution in [3.05, 3.63) is 71.8 Å². The molecular formula is C22H32NO4+. The quantitative estimate of drug-likeness (QED) is 0.555. The zero-order chi connectivity index (χ0) is 19.3. The van der Waals surface area contributed by atoms with Gasteiger partial charge >= 0.3 is 0 Å². The minimum Gasteiger partial charge on any atom is -0.385 e. The van der Waals surface area contributed by atoms with Crippen LogP contribution in [0.2, 0.25) is 0 Å². The molecule has 0 fully saturated rings.